The van der Waals surface area contributed by atoms with E-state index in [1.54, 1.807) is 31.4 Å². The molecule has 0 unspecified atom stereocenters. The number of carbonyl (C=O) groups is 1. The maximum atomic E-state index is 13.6. The third-order valence-electron chi connectivity index (χ3n) is 6.08. The van der Waals surface area contributed by atoms with Gasteiger partial charge in [-0.25, -0.2) is 0 Å². The Morgan fingerprint density at radius 3 is 2.46 bits per heavy atom. The Hall–Kier alpha value is -4.10. The molecular weight excluding hydrogens is 464 g/mol. The molecule has 5 rings (SSSR count). The first-order chi connectivity index (χ1) is 17.0. The van der Waals surface area contributed by atoms with Crippen molar-refractivity contribution in [1.82, 2.24) is 19.7 Å². The number of aryl methyl sites for hydroxylation is 1. The Morgan fingerprint density at radius 1 is 1.03 bits per heavy atom. The summed E-state index contributed by atoms with van der Waals surface area (Å²) in [5.41, 5.74) is 2.76. The highest BCUT2D eigenvalue weighted by molar-refractivity contribution is 6.30. The van der Waals surface area contributed by atoms with Gasteiger partial charge < -0.3 is 14.6 Å². The zero-order valence-corrected chi connectivity index (χ0v) is 20.0. The number of fused-ring (bicyclic) bond motifs is 3. The highest BCUT2D eigenvalue weighted by atomic mass is 35.5. The molecule has 0 bridgehead atoms. The molecule has 2 aromatic heterocycles. The van der Waals surface area contributed by atoms with Gasteiger partial charge in [-0.15, -0.1) is 0 Å². The normalized spacial score (nSPS) is 11.2. The lowest BCUT2D eigenvalue weighted by molar-refractivity contribution is 0.0949. The molecule has 3 aromatic carbocycles. The summed E-state index contributed by atoms with van der Waals surface area (Å²) in [5.74, 6) is 0.315. The van der Waals surface area contributed by atoms with E-state index < -0.39 is 0 Å². The molecule has 1 amide bonds. The predicted molar refractivity (Wildman–Crippen MR) is 138 cm³/mol. The number of amides is 1. The van der Waals surface area contributed by atoms with E-state index in [1.807, 2.05) is 60.1 Å². The zero-order valence-electron chi connectivity index (χ0n) is 19.3. The number of hydrogen-bond donors (Lipinski definition) is 1. The van der Waals surface area contributed by atoms with Gasteiger partial charge >= 0.3 is 0 Å². The number of aromatic nitrogens is 3. The number of halogens is 1. The van der Waals surface area contributed by atoms with Crippen LogP contribution >= 0.6 is 11.6 Å². The van der Waals surface area contributed by atoms with Gasteiger partial charge in [-0.3, -0.25) is 9.59 Å². The van der Waals surface area contributed by atoms with Gasteiger partial charge in [0.2, 0.25) is 0 Å². The van der Waals surface area contributed by atoms with Crippen LogP contribution in [0.5, 0.6) is 5.75 Å². The minimum absolute atomic E-state index is 0.198. The van der Waals surface area contributed by atoms with E-state index in [2.05, 4.69) is 10.4 Å². The topological polar surface area (TPSA) is 78.2 Å². The van der Waals surface area contributed by atoms with Gasteiger partial charge in [-0.2, -0.15) is 9.78 Å². The van der Waals surface area contributed by atoms with Crippen LogP contribution in [0.4, 0.5) is 0 Å². The maximum Gasteiger partial charge on any atom is 0.296 e. The molecule has 8 heteroatoms. The summed E-state index contributed by atoms with van der Waals surface area (Å²) in [4.78, 5) is 27.0. The molecule has 5 aromatic rings. The summed E-state index contributed by atoms with van der Waals surface area (Å²) >= 11 is 5.96. The highest BCUT2D eigenvalue weighted by Crippen LogP contribution is 2.28. The Bertz CT molecular complexity index is 1600. The molecule has 0 aliphatic heterocycles. The number of methoxy groups -OCH3 is 1. The SMILES string of the molecule is COc1ccc(-n2nc(C(=O)NCCc3ccc(Cl)cc3)c3c4ccccc4n(C)c3c2=O)cc1. The van der Waals surface area contributed by atoms with Crippen molar-refractivity contribution < 1.29 is 9.53 Å². The second kappa shape index (κ2) is 9.27. The maximum absolute atomic E-state index is 13.6. The van der Waals surface area contributed by atoms with Crippen LogP contribution in [-0.4, -0.2) is 33.9 Å². The van der Waals surface area contributed by atoms with Crippen LogP contribution in [0.3, 0.4) is 0 Å². The summed E-state index contributed by atoms with van der Waals surface area (Å²) < 4.78 is 8.32. The fourth-order valence-corrected chi connectivity index (χ4v) is 4.42. The lowest BCUT2D eigenvalue weighted by Crippen LogP contribution is -2.31. The average Bonchev–Trinajstić information content (AvgIpc) is 3.19. The van der Waals surface area contributed by atoms with Gasteiger partial charge in [-0.1, -0.05) is 41.9 Å². The number of nitrogens with zero attached hydrogens (tertiary/aromatic N) is 3. The highest BCUT2D eigenvalue weighted by Gasteiger charge is 2.23. The number of benzene rings is 3. The average molecular weight is 487 g/mol. The molecule has 0 radical (unpaired) electrons. The quantitative estimate of drug-likeness (QED) is 0.383. The zero-order chi connectivity index (χ0) is 24.5. The first-order valence-corrected chi connectivity index (χ1v) is 11.5. The first-order valence-electron chi connectivity index (χ1n) is 11.2. The van der Waals surface area contributed by atoms with E-state index in [0.29, 0.717) is 40.3 Å². The Labute approximate surface area is 206 Å². The summed E-state index contributed by atoms with van der Waals surface area (Å²) in [5, 5.41) is 9.53. The van der Waals surface area contributed by atoms with Crippen molar-refractivity contribution in [2.75, 3.05) is 13.7 Å². The van der Waals surface area contributed by atoms with Crippen LogP contribution in [0, 0.1) is 0 Å². The second-order valence-corrected chi connectivity index (χ2v) is 8.63. The van der Waals surface area contributed by atoms with E-state index in [4.69, 9.17) is 16.3 Å². The predicted octanol–water partition coefficient (Wildman–Crippen LogP) is 4.51. The minimum atomic E-state index is -0.345. The van der Waals surface area contributed by atoms with Crippen LogP contribution in [0.25, 0.3) is 27.5 Å². The van der Waals surface area contributed by atoms with Gasteiger partial charge in [0, 0.05) is 34.9 Å². The summed E-state index contributed by atoms with van der Waals surface area (Å²) in [6.07, 6.45) is 0.639. The monoisotopic (exact) mass is 486 g/mol. The summed E-state index contributed by atoms with van der Waals surface area (Å²) in [6.45, 7) is 0.413. The van der Waals surface area contributed by atoms with Crippen molar-refractivity contribution in [2.24, 2.45) is 7.05 Å². The number of nitrogens with one attached hydrogen (secondary N) is 1. The van der Waals surface area contributed by atoms with E-state index in [-0.39, 0.29) is 17.2 Å². The lowest BCUT2D eigenvalue weighted by Gasteiger charge is -2.11. The summed E-state index contributed by atoms with van der Waals surface area (Å²) in [6, 6.07) is 22.1. The molecule has 0 aliphatic carbocycles. The van der Waals surface area contributed by atoms with Crippen molar-refractivity contribution in [2.45, 2.75) is 6.42 Å². The third kappa shape index (κ3) is 4.15. The Kier molecular flexibility index (Phi) is 6.01. The van der Waals surface area contributed by atoms with E-state index >= 15 is 0 Å². The molecule has 0 saturated heterocycles. The fraction of sp³-hybridized carbons (Fsp3) is 0.148. The van der Waals surface area contributed by atoms with Gasteiger partial charge in [0.25, 0.3) is 11.5 Å². The number of carbonyl (C=O) groups excluding carboxylic acids is 1. The van der Waals surface area contributed by atoms with Crippen molar-refractivity contribution in [3.05, 3.63) is 99.4 Å². The largest absolute Gasteiger partial charge is 0.497 e. The molecule has 176 valence electrons. The van der Waals surface area contributed by atoms with Crippen LogP contribution in [0.2, 0.25) is 5.02 Å². The summed E-state index contributed by atoms with van der Waals surface area (Å²) in [7, 11) is 3.40. The number of rotatable bonds is 6. The third-order valence-corrected chi connectivity index (χ3v) is 6.34. The molecule has 0 spiro atoms. The Morgan fingerprint density at radius 2 is 1.74 bits per heavy atom. The van der Waals surface area contributed by atoms with Crippen LogP contribution in [0.1, 0.15) is 16.1 Å². The van der Waals surface area contributed by atoms with Crippen molar-refractivity contribution in [3.63, 3.8) is 0 Å². The van der Waals surface area contributed by atoms with Crippen molar-refractivity contribution in [3.8, 4) is 11.4 Å². The minimum Gasteiger partial charge on any atom is -0.497 e. The van der Waals surface area contributed by atoms with E-state index in [9.17, 15) is 9.59 Å². The Balaban J connectivity index is 1.60. The molecule has 0 aliphatic rings. The van der Waals surface area contributed by atoms with Crippen LogP contribution in [0.15, 0.2) is 77.6 Å². The number of ether oxygens (including phenoxy) is 1. The fourth-order valence-electron chi connectivity index (χ4n) is 4.29. The van der Waals surface area contributed by atoms with Gasteiger partial charge in [0.05, 0.1) is 12.8 Å². The van der Waals surface area contributed by atoms with E-state index in [0.717, 1.165) is 16.5 Å². The molecule has 1 N–H and O–H groups in total. The first kappa shape index (κ1) is 22.7. The van der Waals surface area contributed by atoms with Crippen LogP contribution in [-0.2, 0) is 13.5 Å². The standard InChI is InChI=1S/C27H23ClN4O3/c1-31-22-6-4-3-5-21(22)23-24(26(33)29-16-15-17-7-9-18(28)10-8-17)30-32(27(34)25(23)31)19-11-13-20(35-2)14-12-19/h3-14H,15-16H2,1-2H3,(H,29,33). The smallest absolute Gasteiger partial charge is 0.296 e. The molecule has 0 atom stereocenters. The molecule has 7 nitrogen and oxygen atoms in total. The molecule has 0 saturated carbocycles. The van der Waals surface area contributed by atoms with Crippen LogP contribution < -0.4 is 15.6 Å². The molecular formula is C27H23ClN4O3. The van der Waals surface area contributed by atoms with Crippen molar-refractivity contribution in [1.29, 1.82) is 0 Å². The van der Waals surface area contributed by atoms with Crippen molar-refractivity contribution >= 4 is 39.3 Å². The molecule has 35 heavy (non-hydrogen) atoms. The number of hydrogen-bond acceptors (Lipinski definition) is 4. The van der Waals surface area contributed by atoms with Gasteiger partial charge in [-0.05, 0) is 54.4 Å². The molecule has 2 heterocycles. The van der Waals surface area contributed by atoms with Gasteiger partial charge in [0.1, 0.15) is 11.3 Å². The molecule has 0 fully saturated rings. The lowest BCUT2D eigenvalue weighted by atomic mass is 10.1. The van der Waals surface area contributed by atoms with Gasteiger partial charge in [0.15, 0.2) is 5.69 Å². The second-order valence-electron chi connectivity index (χ2n) is 8.20. The van der Waals surface area contributed by atoms with E-state index in [1.165, 1.54) is 4.68 Å². The number of para-hydroxylation sites is 1.